The van der Waals surface area contributed by atoms with Gasteiger partial charge in [0.05, 0.1) is 0 Å². The van der Waals surface area contributed by atoms with Crippen molar-refractivity contribution in [3.63, 3.8) is 0 Å². The Kier molecular flexibility index (Phi) is 8.53. The van der Waals surface area contributed by atoms with Crippen molar-refractivity contribution in [3.05, 3.63) is 20.8 Å². The van der Waals surface area contributed by atoms with Crippen LogP contribution in [0.4, 0.5) is 13.2 Å². The predicted octanol–water partition coefficient (Wildman–Crippen LogP) is 3.15. The summed E-state index contributed by atoms with van der Waals surface area (Å²) in [5.74, 6) is -2.60. The zero-order valence-corrected chi connectivity index (χ0v) is 18.3. The second-order valence-electron chi connectivity index (χ2n) is 4.80. The number of alkyl halides is 3. The SMILES string of the molecule is CCCCC1=CC(=O)/C(=[CH]\[Hg])C1(C)OC.O=C(O)C(F)(F)F. The van der Waals surface area contributed by atoms with Crippen LogP contribution in [-0.2, 0) is 40.4 Å². The fraction of sp³-hybridized carbons (Fsp3) is 0.571. The number of hydrogen-bond donors (Lipinski definition) is 1. The van der Waals surface area contributed by atoms with Crippen molar-refractivity contribution < 1.29 is 58.7 Å². The molecule has 1 atom stereocenters. The first-order valence-corrected chi connectivity index (χ1v) is 9.82. The summed E-state index contributed by atoms with van der Waals surface area (Å²) in [7, 11) is 1.69. The van der Waals surface area contributed by atoms with E-state index in [-0.39, 0.29) is 5.78 Å². The van der Waals surface area contributed by atoms with E-state index in [1.54, 1.807) is 13.2 Å². The first-order chi connectivity index (χ1) is 10.0. The number of allylic oxidation sites excluding steroid dienone is 1. The van der Waals surface area contributed by atoms with Gasteiger partial charge in [0.15, 0.2) is 0 Å². The van der Waals surface area contributed by atoms with Gasteiger partial charge in [0.2, 0.25) is 0 Å². The molecule has 8 heteroatoms. The van der Waals surface area contributed by atoms with Crippen molar-refractivity contribution in [2.45, 2.75) is 44.9 Å². The van der Waals surface area contributed by atoms with E-state index in [1.807, 2.05) is 6.92 Å². The summed E-state index contributed by atoms with van der Waals surface area (Å²) < 4.78 is 39.3. The first-order valence-electron chi connectivity index (χ1n) is 6.65. The van der Waals surface area contributed by atoms with Crippen LogP contribution in [0, 0.1) is 0 Å². The molecule has 1 N–H and O–H groups in total. The molecule has 1 aliphatic carbocycles. The van der Waals surface area contributed by atoms with Gasteiger partial charge >= 0.3 is 120 Å². The molecule has 1 rings (SSSR count). The summed E-state index contributed by atoms with van der Waals surface area (Å²) >= 11 is 0.498. The van der Waals surface area contributed by atoms with Crippen LogP contribution < -0.4 is 0 Å². The molecule has 0 saturated heterocycles. The van der Waals surface area contributed by atoms with Gasteiger partial charge in [0.1, 0.15) is 0 Å². The Morgan fingerprint density at radius 2 is 2.00 bits per heavy atom. The third-order valence-corrected chi connectivity index (χ3v) is 4.94. The van der Waals surface area contributed by atoms with Gasteiger partial charge < -0.3 is 5.11 Å². The molecule has 0 fully saturated rings. The molecule has 0 aliphatic heterocycles. The zero-order chi connectivity index (χ0) is 17.6. The van der Waals surface area contributed by atoms with E-state index in [0.29, 0.717) is 26.1 Å². The van der Waals surface area contributed by atoms with E-state index in [4.69, 9.17) is 14.6 Å². The Morgan fingerprint density at radius 1 is 1.50 bits per heavy atom. The maximum absolute atomic E-state index is 11.8. The molecule has 0 aromatic heterocycles. The van der Waals surface area contributed by atoms with E-state index in [1.165, 1.54) is 0 Å². The van der Waals surface area contributed by atoms with E-state index >= 15 is 0 Å². The Hall–Kier alpha value is -0.695. The Balaban J connectivity index is 0.000000534. The number of ketones is 1. The predicted molar refractivity (Wildman–Crippen MR) is 69.8 cm³/mol. The third-order valence-electron chi connectivity index (χ3n) is 3.35. The van der Waals surface area contributed by atoms with Crippen molar-refractivity contribution >= 4 is 11.8 Å². The van der Waals surface area contributed by atoms with Crippen LogP contribution >= 0.6 is 0 Å². The van der Waals surface area contributed by atoms with Crippen molar-refractivity contribution in [2.24, 2.45) is 0 Å². The minimum Gasteiger partial charge on any atom is -0.475 e. The largest absolute Gasteiger partial charge is 0.490 e. The molecule has 0 heterocycles. The minimum absolute atomic E-state index is 0.153. The summed E-state index contributed by atoms with van der Waals surface area (Å²) in [6.45, 7) is 4.17. The molecule has 0 aromatic rings. The van der Waals surface area contributed by atoms with Crippen LogP contribution in [0.3, 0.4) is 0 Å². The number of ether oxygens (including phenoxy) is 1. The fourth-order valence-corrected chi connectivity index (χ4v) is 4.29. The molecule has 0 aromatic carbocycles. The smallest absolute Gasteiger partial charge is 0.475 e. The monoisotopic (exact) mass is 509 g/mol. The third kappa shape index (κ3) is 5.50. The topological polar surface area (TPSA) is 63.6 Å². The molecular weight excluding hydrogens is 490 g/mol. The van der Waals surface area contributed by atoms with Gasteiger partial charge in [0.25, 0.3) is 0 Å². The number of methoxy groups -OCH3 is 1. The number of hydrogen-bond acceptors (Lipinski definition) is 3. The molecule has 0 spiro atoms. The van der Waals surface area contributed by atoms with Crippen LogP contribution in [0.25, 0.3) is 0 Å². The standard InChI is InChI=1S/C12H17O2.C2HF3O2.Hg/c1-5-6-7-10-8-11(13)9(2)12(10,3)14-4;3-2(4,5)1(6)7;/h2,8H,5-7H2,1,3-4H3;(H,6,7);. The number of unbranched alkanes of at least 4 members (excludes halogenated alkanes) is 1. The van der Waals surface area contributed by atoms with Crippen LogP contribution in [0.2, 0.25) is 0 Å². The van der Waals surface area contributed by atoms with Crippen LogP contribution in [-0.4, -0.2) is 35.7 Å². The molecule has 0 amide bonds. The average Bonchev–Trinajstić information content (AvgIpc) is 2.67. The second kappa shape index (κ2) is 8.81. The van der Waals surface area contributed by atoms with Crippen molar-refractivity contribution in [1.29, 1.82) is 0 Å². The van der Waals surface area contributed by atoms with Gasteiger partial charge in [-0.15, -0.1) is 0 Å². The Morgan fingerprint density at radius 3 is 2.32 bits per heavy atom. The van der Waals surface area contributed by atoms with Crippen LogP contribution in [0.15, 0.2) is 20.8 Å². The quantitative estimate of drug-likeness (QED) is 0.469. The van der Waals surface area contributed by atoms with E-state index in [0.717, 1.165) is 30.4 Å². The van der Waals surface area contributed by atoms with Crippen molar-refractivity contribution in [1.82, 2.24) is 0 Å². The fourth-order valence-electron chi connectivity index (χ4n) is 2.00. The van der Waals surface area contributed by atoms with Gasteiger partial charge in [-0.25, -0.2) is 4.79 Å². The van der Waals surface area contributed by atoms with Crippen molar-refractivity contribution in [3.8, 4) is 0 Å². The normalized spacial score (nSPS) is 23.2. The first kappa shape index (κ1) is 21.3. The van der Waals surface area contributed by atoms with Gasteiger partial charge in [-0.3, -0.25) is 0 Å². The van der Waals surface area contributed by atoms with Crippen LogP contribution in [0.5, 0.6) is 0 Å². The summed E-state index contributed by atoms with van der Waals surface area (Å²) in [6, 6.07) is 0. The minimum atomic E-state index is -5.08. The number of carboxylic acids is 1. The number of aliphatic carboxylic acids is 1. The Labute approximate surface area is 143 Å². The molecule has 0 radical (unpaired) electrons. The van der Waals surface area contributed by atoms with Crippen molar-refractivity contribution in [2.75, 3.05) is 7.11 Å². The van der Waals surface area contributed by atoms with E-state index in [2.05, 4.69) is 10.5 Å². The summed E-state index contributed by atoms with van der Waals surface area (Å²) in [6.07, 6.45) is -0.0681. The van der Waals surface area contributed by atoms with Gasteiger partial charge in [-0.1, -0.05) is 0 Å². The maximum atomic E-state index is 11.8. The molecule has 4 nitrogen and oxygen atoms in total. The summed E-state index contributed by atoms with van der Waals surface area (Å²) in [5, 5.41) is 7.12. The van der Waals surface area contributed by atoms with Crippen LogP contribution in [0.1, 0.15) is 33.1 Å². The van der Waals surface area contributed by atoms with Gasteiger partial charge in [-0.2, -0.15) is 13.2 Å². The number of carbonyl (C=O) groups excluding carboxylic acids is 1. The molecule has 1 aliphatic rings. The number of halogens is 3. The Bertz CT molecular complexity index is 483. The second-order valence-corrected chi connectivity index (χ2v) is 6.38. The summed E-state index contributed by atoms with van der Waals surface area (Å²) in [5.41, 5.74) is 1.57. The molecule has 0 bridgehead atoms. The molecule has 121 valence electrons. The number of carboxylic acid groups (broad SMARTS) is 1. The summed E-state index contributed by atoms with van der Waals surface area (Å²) in [4.78, 5) is 20.7. The molecule has 0 saturated carbocycles. The molecule has 1 unspecified atom stereocenters. The van der Waals surface area contributed by atoms with E-state index in [9.17, 15) is 18.0 Å². The number of carbonyl (C=O) groups is 2. The average molecular weight is 508 g/mol. The number of rotatable bonds is 4. The molecular formula is C14H18F3HgO4. The van der Waals surface area contributed by atoms with E-state index < -0.39 is 17.7 Å². The maximum Gasteiger partial charge on any atom is 0.490 e. The van der Waals surface area contributed by atoms with Gasteiger partial charge in [-0.05, 0) is 0 Å². The molecule has 22 heavy (non-hydrogen) atoms. The van der Waals surface area contributed by atoms with Gasteiger partial charge in [0, 0.05) is 0 Å². The zero-order valence-electron chi connectivity index (χ0n) is 12.8.